The van der Waals surface area contributed by atoms with E-state index in [1.165, 1.54) is 30.2 Å². The molecule has 6 nitrogen and oxygen atoms in total. The smallest absolute Gasteiger partial charge is 0.336 e. The molecule has 0 aromatic carbocycles. The number of rotatable bonds is 6. The van der Waals surface area contributed by atoms with Gasteiger partial charge in [0.25, 0.3) is 0 Å². The molecule has 1 N–H and O–H groups in total. The van der Waals surface area contributed by atoms with Crippen molar-refractivity contribution < 1.29 is 19.1 Å². The zero-order valence-corrected chi connectivity index (χ0v) is 15.8. The van der Waals surface area contributed by atoms with Gasteiger partial charge in [-0.25, -0.2) is 4.79 Å². The van der Waals surface area contributed by atoms with Crippen LogP contribution in [0.2, 0.25) is 0 Å². The molecule has 0 radical (unpaired) electrons. The van der Waals surface area contributed by atoms with Crippen molar-refractivity contribution in [3.05, 3.63) is 44.3 Å². The Labute approximate surface area is 154 Å². The summed E-state index contributed by atoms with van der Waals surface area (Å²) in [6, 6.07) is 5.94. The van der Waals surface area contributed by atoms with E-state index in [1.54, 1.807) is 13.8 Å². The summed E-state index contributed by atoms with van der Waals surface area (Å²) in [5, 5.41) is 15.2. The van der Waals surface area contributed by atoms with E-state index >= 15 is 0 Å². The molecular formula is C17H18N2O4S2. The maximum Gasteiger partial charge on any atom is 0.336 e. The molecule has 0 saturated carbocycles. The highest BCUT2D eigenvalue weighted by molar-refractivity contribution is 8.03. The minimum absolute atomic E-state index is 0.0726. The molecule has 0 aliphatic carbocycles. The Morgan fingerprint density at radius 3 is 2.80 bits per heavy atom. The number of thiophene rings is 1. The zero-order chi connectivity index (χ0) is 18.4. The normalized spacial score (nSPS) is 17.0. The number of allylic oxidation sites excluding steroid dienone is 2. The molecule has 1 unspecified atom stereocenters. The van der Waals surface area contributed by atoms with Crippen LogP contribution >= 0.6 is 23.1 Å². The molecule has 1 aromatic heterocycles. The van der Waals surface area contributed by atoms with Crippen LogP contribution < -0.4 is 5.32 Å². The monoisotopic (exact) mass is 378 g/mol. The molecule has 0 fully saturated rings. The molecule has 1 atom stereocenters. The second-order valence-electron chi connectivity index (χ2n) is 5.05. The van der Waals surface area contributed by atoms with Gasteiger partial charge in [0.1, 0.15) is 0 Å². The lowest BCUT2D eigenvalue weighted by molar-refractivity contribution is -0.139. The van der Waals surface area contributed by atoms with Crippen LogP contribution in [0.4, 0.5) is 0 Å². The summed E-state index contributed by atoms with van der Waals surface area (Å²) >= 11 is 2.65. The minimum Gasteiger partial charge on any atom is -0.468 e. The van der Waals surface area contributed by atoms with Crippen molar-refractivity contribution in [2.24, 2.45) is 0 Å². The number of esters is 2. The second-order valence-corrected chi connectivity index (χ2v) is 7.02. The predicted molar refractivity (Wildman–Crippen MR) is 96.6 cm³/mol. The molecule has 0 bridgehead atoms. The van der Waals surface area contributed by atoms with Gasteiger partial charge in [0.15, 0.2) is 0 Å². The number of dihydropyridines is 1. The summed E-state index contributed by atoms with van der Waals surface area (Å²) in [6.45, 7) is 3.75. The largest absolute Gasteiger partial charge is 0.468 e. The number of hydrogen-bond acceptors (Lipinski definition) is 8. The SMILES string of the molecule is CCOC(=O)C1=C(C)NC(SCC(=O)OC)=C(C#N)C1c1cccs1. The molecular weight excluding hydrogens is 360 g/mol. The Hall–Kier alpha value is -2.24. The van der Waals surface area contributed by atoms with E-state index in [9.17, 15) is 14.9 Å². The molecule has 0 saturated heterocycles. The number of carbonyl (C=O) groups excluding carboxylic acids is 2. The van der Waals surface area contributed by atoms with Gasteiger partial charge < -0.3 is 14.8 Å². The molecule has 25 heavy (non-hydrogen) atoms. The number of nitrogens with one attached hydrogen (secondary N) is 1. The first-order valence-corrected chi connectivity index (χ1v) is 9.42. The maximum absolute atomic E-state index is 12.5. The molecule has 1 aromatic rings. The van der Waals surface area contributed by atoms with Crippen molar-refractivity contribution in [2.45, 2.75) is 19.8 Å². The van der Waals surface area contributed by atoms with Crippen molar-refractivity contribution in [1.29, 1.82) is 5.26 Å². The van der Waals surface area contributed by atoms with Crippen molar-refractivity contribution in [3.63, 3.8) is 0 Å². The lowest BCUT2D eigenvalue weighted by Gasteiger charge is -2.28. The van der Waals surface area contributed by atoms with Crippen molar-refractivity contribution >= 4 is 35.0 Å². The Bertz CT molecular complexity index is 760. The van der Waals surface area contributed by atoms with Gasteiger partial charge in [-0.1, -0.05) is 17.8 Å². The second kappa shape index (κ2) is 8.74. The molecule has 132 valence electrons. The number of nitriles is 1. The average molecular weight is 378 g/mol. The molecule has 2 heterocycles. The average Bonchev–Trinajstić information content (AvgIpc) is 3.13. The van der Waals surface area contributed by atoms with E-state index in [-0.39, 0.29) is 18.3 Å². The zero-order valence-electron chi connectivity index (χ0n) is 14.1. The summed E-state index contributed by atoms with van der Waals surface area (Å²) in [5.41, 5.74) is 1.43. The molecule has 8 heteroatoms. The Morgan fingerprint density at radius 2 is 2.24 bits per heavy atom. The number of ether oxygens (including phenoxy) is 2. The van der Waals surface area contributed by atoms with Gasteiger partial charge in [-0.15, -0.1) is 11.3 Å². The lowest BCUT2D eigenvalue weighted by atomic mass is 9.87. The van der Waals surface area contributed by atoms with Gasteiger partial charge in [0.05, 0.1) is 47.6 Å². The van der Waals surface area contributed by atoms with Crippen LogP contribution in [0.25, 0.3) is 0 Å². The van der Waals surface area contributed by atoms with Crippen molar-refractivity contribution in [3.8, 4) is 6.07 Å². The van der Waals surface area contributed by atoms with E-state index in [0.29, 0.717) is 21.9 Å². The van der Waals surface area contributed by atoms with E-state index < -0.39 is 11.9 Å². The molecule has 2 rings (SSSR count). The minimum atomic E-state index is -0.509. The van der Waals surface area contributed by atoms with Gasteiger partial charge in [-0.3, -0.25) is 4.79 Å². The summed E-state index contributed by atoms with van der Waals surface area (Å²) in [7, 11) is 1.31. The fraction of sp³-hybridized carbons (Fsp3) is 0.353. The molecule has 0 amide bonds. The van der Waals surface area contributed by atoms with Crippen molar-refractivity contribution in [2.75, 3.05) is 19.5 Å². The lowest BCUT2D eigenvalue weighted by Crippen LogP contribution is -2.28. The van der Waals surface area contributed by atoms with Crippen LogP contribution in [-0.2, 0) is 19.1 Å². The van der Waals surface area contributed by atoms with Gasteiger partial charge in [0, 0.05) is 10.6 Å². The van der Waals surface area contributed by atoms with Crippen LogP contribution in [0, 0.1) is 11.3 Å². The van der Waals surface area contributed by atoms with E-state index in [0.717, 1.165) is 4.88 Å². The van der Waals surface area contributed by atoms with E-state index in [4.69, 9.17) is 4.74 Å². The summed E-state index contributed by atoms with van der Waals surface area (Å²) in [5.74, 6) is -1.27. The summed E-state index contributed by atoms with van der Waals surface area (Å²) in [6.07, 6.45) is 0. The maximum atomic E-state index is 12.5. The van der Waals surface area contributed by atoms with Crippen LogP contribution in [0.5, 0.6) is 0 Å². The highest BCUT2D eigenvalue weighted by Crippen LogP contribution is 2.42. The summed E-state index contributed by atoms with van der Waals surface area (Å²) < 4.78 is 9.83. The Kier molecular flexibility index (Phi) is 6.67. The third kappa shape index (κ3) is 4.24. The highest BCUT2D eigenvalue weighted by Gasteiger charge is 2.36. The fourth-order valence-corrected chi connectivity index (χ4v) is 4.20. The Balaban J connectivity index is 2.47. The fourth-order valence-electron chi connectivity index (χ4n) is 2.44. The first-order valence-electron chi connectivity index (χ1n) is 7.55. The van der Waals surface area contributed by atoms with Gasteiger partial charge in [-0.05, 0) is 25.3 Å². The first-order chi connectivity index (χ1) is 12.0. The number of carbonyl (C=O) groups is 2. The Morgan fingerprint density at radius 1 is 1.48 bits per heavy atom. The quantitative estimate of drug-likeness (QED) is 0.761. The summed E-state index contributed by atoms with van der Waals surface area (Å²) in [4.78, 5) is 24.8. The molecule has 1 aliphatic rings. The number of hydrogen-bond donors (Lipinski definition) is 1. The third-order valence-corrected chi connectivity index (χ3v) is 5.46. The molecule has 0 spiro atoms. The highest BCUT2D eigenvalue weighted by atomic mass is 32.2. The van der Waals surface area contributed by atoms with Crippen LogP contribution in [0.15, 0.2) is 39.4 Å². The van der Waals surface area contributed by atoms with Gasteiger partial charge in [0.2, 0.25) is 0 Å². The van der Waals surface area contributed by atoms with Crippen LogP contribution in [0.1, 0.15) is 24.6 Å². The van der Waals surface area contributed by atoms with Crippen LogP contribution in [0.3, 0.4) is 0 Å². The number of nitrogens with zero attached hydrogens (tertiary/aromatic N) is 1. The van der Waals surface area contributed by atoms with Gasteiger partial charge >= 0.3 is 11.9 Å². The van der Waals surface area contributed by atoms with Crippen molar-refractivity contribution in [1.82, 2.24) is 5.32 Å². The van der Waals surface area contributed by atoms with E-state index in [2.05, 4.69) is 16.1 Å². The van der Waals surface area contributed by atoms with Crippen LogP contribution in [-0.4, -0.2) is 31.4 Å². The van der Waals surface area contributed by atoms with Gasteiger partial charge in [-0.2, -0.15) is 5.26 Å². The topological polar surface area (TPSA) is 88.4 Å². The number of methoxy groups -OCH3 is 1. The molecule has 1 aliphatic heterocycles. The first kappa shape index (κ1) is 19.1. The number of thioether (sulfide) groups is 1. The standard InChI is InChI=1S/C17H18N2O4S2/c1-4-23-17(21)14-10(2)19-16(25-9-13(20)22-3)11(8-18)15(14)12-6-5-7-24-12/h5-7,15,19H,4,9H2,1-3H3. The third-order valence-electron chi connectivity index (χ3n) is 3.53. The van der Waals surface area contributed by atoms with E-state index in [1.807, 2.05) is 17.5 Å². The predicted octanol–water partition coefficient (Wildman–Crippen LogP) is 2.91.